The molecular weight excluding hydrogens is 452 g/mol. The monoisotopic (exact) mass is 484 g/mol. The van der Waals surface area contributed by atoms with Crippen LogP contribution < -0.4 is 10.0 Å². The summed E-state index contributed by atoms with van der Waals surface area (Å²) in [6, 6.07) is 14.3. The van der Waals surface area contributed by atoms with Crippen LogP contribution in [0.25, 0.3) is 16.3 Å². The van der Waals surface area contributed by atoms with E-state index in [0.717, 1.165) is 78.9 Å². The molecule has 2 aromatic rings. The normalized spacial score (nSPS) is 24.5. The number of aliphatic hydroxyl groups excluding tert-OH is 2. The van der Waals surface area contributed by atoms with Crippen molar-refractivity contribution in [2.75, 3.05) is 51.3 Å². The van der Waals surface area contributed by atoms with Crippen LogP contribution in [-0.2, 0) is 9.47 Å². The Kier molecular flexibility index (Phi) is 8.80. The molecule has 0 aromatic heterocycles. The van der Waals surface area contributed by atoms with Gasteiger partial charge in [0.25, 0.3) is 0 Å². The summed E-state index contributed by atoms with van der Waals surface area (Å²) < 4.78 is 13.6. The first-order valence-electron chi connectivity index (χ1n) is 11.6. The molecule has 2 aliphatic heterocycles. The van der Waals surface area contributed by atoms with Gasteiger partial charge in [-0.25, -0.2) is 0 Å². The number of morpholine rings is 1. The average Bonchev–Trinajstić information content (AvgIpc) is 2.86. The highest BCUT2D eigenvalue weighted by atomic mass is 32.2. The second-order valence-electron chi connectivity index (χ2n) is 8.66. The molecule has 0 spiro atoms. The summed E-state index contributed by atoms with van der Waals surface area (Å²) in [5.41, 5.74) is 2.90. The SMILES string of the molecule is C/C(=C(/C#N)SNC1CC(O)COC1O)c1ccc2cc(NCCN3CCOCC3)ccc2c1. The predicted molar refractivity (Wildman–Crippen MR) is 135 cm³/mol. The summed E-state index contributed by atoms with van der Waals surface area (Å²) in [7, 11) is 0. The first-order chi connectivity index (χ1) is 16.5. The maximum Gasteiger partial charge on any atom is 0.171 e. The molecule has 0 aliphatic carbocycles. The van der Waals surface area contributed by atoms with Gasteiger partial charge in [0.2, 0.25) is 0 Å². The summed E-state index contributed by atoms with van der Waals surface area (Å²) in [5, 5.41) is 35.2. The molecule has 2 aliphatic rings. The van der Waals surface area contributed by atoms with Crippen molar-refractivity contribution in [3.63, 3.8) is 0 Å². The number of nitrogens with zero attached hydrogens (tertiary/aromatic N) is 2. The molecule has 9 heteroatoms. The van der Waals surface area contributed by atoms with Crippen molar-refractivity contribution in [2.45, 2.75) is 31.8 Å². The average molecular weight is 485 g/mol. The number of anilines is 1. The summed E-state index contributed by atoms with van der Waals surface area (Å²) in [4.78, 5) is 2.91. The van der Waals surface area contributed by atoms with Crippen LogP contribution >= 0.6 is 11.9 Å². The van der Waals surface area contributed by atoms with Crippen molar-refractivity contribution >= 4 is 34.0 Å². The Morgan fingerprint density at radius 2 is 1.94 bits per heavy atom. The molecule has 2 fully saturated rings. The van der Waals surface area contributed by atoms with E-state index in [2.05, 4.69) is 51.3 Å². The molecule has 4 rings (SSSR count). The lowest BCUT2D eigenvalue weighted by molar-refractivity contribution is -0.168. The molecule has 0 amide bonds. The van der Waals surface area contributed by atoms with Crippen LogP contribution in [0.15, 0.2) is 41.3 Å². The minimum Gasteiger partial charge on any atom is -0.391 e. The Balaban J connectivity index is 1.39. The number of nitriles is 1. The molecular formula is C25H32N4O4S. The molecule has 2 aromatic carbocycles. The summed E-state index contributed by atoms with van der Waals surface area (Å²) in [6.45, 7) is 7.53. The van der Waals surface area contributed by atoms with Crippen molar-refractivity contribution in [3.05, 3.63) is 46.9 Å². The number of rotatable bonds is 8. The number of aliphatic hydroxyl groups is 2. The highest BCUT2D eigenvalue weighted by Gasteiger charge is 2.29. The lowest BCUT2D eigenvalue weighted by Crippen LogP contribution is -2.46. The van der Waals surface area contributed by atoms with E-state index in [1.165, 1.54) is 0 Å². The number of hydrogen-bond acceptors (Lipinski definition) is 9. The standard InChI is InChI=1S/C25H32N4O4S/c1-17(24(15-26)34-28-23-14-22(30)16-33-25(23)31)18-2-3-20-13-21(5-4-19(20)12-18)27-6-7-29-8-10-32-11-9-29/h2-5,12-13,22-23,25,27-28,30-31H,6-11,14,16H2,1H3/b24-17+. The van der Waals surface area contributed by atoms with E-state index in [0.29, 0.717) is 11.3 Å². The Morgan fingerprint density at radius 3 is 2.74 bits per heavy atom. The largest absolute Gasteiger partial charge is 0.391 e. The minimum absolute atomic E-state index is 0.117. The topological polar surface area (TPSA) is 110 Å². The third-order valence-electron chi connectivity index (χ3n) is 6.22. The first kappa shape index (κ1) is 24.9. The summed E-state index contributed by atoms with van der Waals surface area (Å²) in [5.74, 6) is 0. The minimum atomic E-state index is -1.01. The maximum atomic E-state index is 9.97. The van der Waals surface area contributed by atoms with Gasteiger partial charge in [-0.05, 0) is 65.4 Å². The first-order valence-corrected chi connectivity index (χ1v) is 12.4. The number of nitrogens with one attached hydrogen (secondary N) is 2. The molecule has 34 heavy (non-hydrogen) atoms. The number of fused-ring (bicyclic) bond motifs is 1. The third-order valence-corrected chi connectivity index (χ3v) is 7.24. The molecule has 0 bridgehead atoms. The van der Waals surface area contributed by atoms with Crippen molar-refractivity contribution < 1.29 is 19.7 Å². The smallest absolute Gasteiger partial charge is 0.171 e. The fourth-order valence-electron chi connectivity index (χ4n) is 4.13. The van der Waals surface area contributed by atoms with Gasteiger partial charge >= 0.3 is 0 Å². The van der Waals surface area contributed by atoms with Crippen LogP contribution in [0.2, 0.25) is 0 Å². The Labute approximate surface area is 204 Å². The van der Waals surface area contributed by atoms with E-state index < -0.39 is 18.4 Å². The second-order valence-corrected chi connectivity index (χ2v) is 9.51. The van der Waals surface area contributed by atoms with Gasteiger partial charge in [0.15, 0.2) is 6.29 Å². The van der Waals surface area contributed by atoms with Crippen LogP contribution in [0.5, 0.6) is 0 Å². The molecule has 8 nitrogen and oxygen atoms in total. The summed E-state index contributed by atoms with van der Waals surface area (Å²) in [6.07, 6.45) is -1.27. The van der Waals surface area contributed by atoms with Crippen molar-refractivity contribution in [1.29, 1.82) is 5.26 Å². The number of benzene rings is 2. The van der Waals surface area contributed by atoms with Gasteiger partial charge in [-0.15, -0.1) is 0 Å². The Morgan fingerprint density at radius 1 is 1.18 bits per heavy atom. The van der Waals surface area contributed by atoms with E-state index in [4.69, 9.17) is 9.47 Å². The molecule has 2 saturated heterocycles. The van der Waals surface area contributed by atoms with Crippen LogP contribution in [0, 0.1) is 11.3 Å². The molecule has 182 valence electrons. The zero-order valence-corrected chi connectivity index (χ0v) is 20.2. The number of ether oxygens (including phenoxy) is 2. The Hall–Kier alpha value is -2.16. The van der Waals surface area contributed by atoms with Crippen LogP contribution in [-0.4, -0.2) is 79.5 Å². The number of allylic oxidation sites excluding steroid dienone is 2. The van der Waals surface area contributed by atoms with E-state index in [9.17, 15) is 15.5 Å². The molecule has 4 N–H and O–H groups in total. The van der Waals surface area contributed by atoms with Crippen LogP contribution in [0.1, 0.15) is 18.9 Å². The molecule has 3 unspecified atom stereocenters. The Bertz CT molecular complexity index is 1050. The highest BCUT2D eigenvalue weighted by Crippen LogP contribution is 2.29. The molecule has 3 atom stereocenters. The zero-order valence-electron chi connectivity index (χ0n) is 19.4. The quantitative estimate of drug-likeness (QED) is 0.332. The van der Waals surface area contributed by atoms with Crippen LogP contribution in [0.3, 0.4) is 0 Å². The van der Waals surface area contributed by atoms with Crippen molar-refractivity contribution in [3.8, 4) is 6.07 Å². The number of hydrogen-bond donors (Lipinski definition) is 4. The molecule has 0 saturated carbocycles. The summed E-state index contributed by atoms with van der Waals surface area (Å²) >= 11 is 1.16. The van der Waals surface area contributed by atoms with E-state index in [1.54, 1.807) is 0 Å². The highest BCUT2D eigenvalue weighted by molar-refractivity contribution is 8.01. The second kappa shape index (κ2) is 12.0. The van der Waals surface area contributed by atoms with Gasteiger partial charge in [0.1, 0.15) is 11.0 Å². The van der Waals surface area contributed by atoms with Crippen molar-refractivity contribution in [1.82, 2.24) is 9.62 Å². The van der Waals surface area contributed by atoms with E-state index in [1.807, 2.05) is 13.0 Å². The lowest BCUT2D eigenvalue weighted by atomic mass is 10.0. The van der Waals surface area contributed by atoms with Gasteiger partial charge in [0, 0.05) is 31.9 Å². The van der Waals surface area contributed by atoms with E-state index >= 15 is 0 Å². The van der Waals surface area contributed by atoms with Crippen LogP contribution in [0.4, 0.5) is 5.69 Å². The van der Waals surface area contributed by atoms with Gasteiger partial charge in [-0.3, -0.25) is 9.62 Å². The molecule has 2 heterocycles. The fourth-order valence-corrected chi connectivity index (χ4v) is 4.93. The van der Waals surface area contributed by atoms with Gasteiger partial charge in [-0.1, -0.05) is 18.2 Å². The zero-order chi connectivity index (χ0) is 23.9. The van der Waals surface area contributed by atoms with Gasteiger partial charge < -0.3 is 25.0 Å². The van der Waals surface area contributed by atoms with Gasteiger partial charge in [-0.2, -0.15) is 5.26 Å². The van der Waals surface area contributed by atoms with Crippen molar-refractivity contribution in [2.24, 2.45) is 0 Å². The molecule has 0 radical (unpaired) electrons. The lowest BCUT2D eigenvalue weighted by Gasteiger charge is -2.31. The fraction of sp³-hybridized carbons (Fsp3) is 0.480. The van der Waals surface area contributed by atoms with E-state index in [-0.39, 0.29) is 6.61 Å². The third kappa shape index (κ3) is 6.49. The predicted octanol–water partition coefficient (Wildman–Crippen LogP) is 2.54. The maximum absolute atomic E-state index is 9.97. The van der Waals surface area contributed by atoms with Gasteiger partial charge in [0.05, 0.1) is 32.0 Å².